The van der Waals surface area contributed by atoms with Gasteiger partial charge in [-0.2, -0.15) is 0 Å². The maximum absolute atomic E-state index is 12.6. The molecule has 30 heavy (non-hydrogen) atoms. The molecule has 1 aliphatic heterocycles. The van der Waals surface area contributed by atoms with E-state index in [1.165, 1.54) is 5.56 Å². The van der Waals surface area contributed by atoms with E-state index in [9.17, 15) is 4.79 Å². The third-order valence-corrected chi connectivity index (χ3v) is 5.66. The Balaban J connectivity index is 0.00000320. The van der Waals surface area contributed by atoms with Crippen molar-refractivity contribution in [2.75, 3.05) is 38.8 Å². The van der Waals surface area contributed by atoms with Crippen molar-refractivity contribution in [3.05, 3.63) is 54.1 Å². The molecule has 0 spiro atoms. The lowest BCUT2D eigenvalue weighted by molar-refractivity contribution is -0.119. The van der Waals surface area contributed by atoms with Crippen LogP contribution < -0.4 is 14.4 Å². The van der Waals surface area contributed by atoms with Gasteiger partial charge in [0, 0.05) is 43.9 Å². The highest BCUT2D eigenvalue weighted by Gasteiger charge is 2.28. The Morgan fingerprint density at radius 3 is 2.17 bits per heavy atom. The zero-order valence-electron chi connectivity index (χ0n) is 18.2. The Morgan fingerprint density at radius 1 is 1.03 bits per heavy atom. The number of para-hydroxylation sites is 1. The Hall–Kier alpha value is -2.24. The van der Waals surface area contributed by atoms with Crippen LogP contribution in [0.1, 0.15) is 31.7 Å². The van der Waals surface area contributed by atoms with E-state index in [-0.39, 0.29) is 24.4 Å². The number of likely N-dealkylation sites (tertiary alicyclic amines) is 1. The topological polar surface area (TPSA) is 42.0 Å². The minimum absolute atomic E-state index is 0. The van der Waals surface area contributed by atoms with Gasteiger partial charge in [-0.1, -0.05) is 25.1 Å². The zero-order valence-corrected chi connectivity index (χ0v) is 19.0. The van der Waals surface area contributed by atoms with Crippen LogP contribution in [0.15, 0.2) is 48.5 Å². The van der Waals surface area contributed by atoms with Crippen molar-refractivity contribution in [3.8, 4) is 11.5 Å². The van der Waals surface area contributed by atoms with Crippen molar-refractivity contribution in [1.82, 2.24) is 4.90 Å². The van der Waals surface area contributed by atoms with E-state index in [2.05, 4.69) is 17.0 Å². The first-order valence-corrected chi connectivity index (χ1v) is 10.5. The molecule has 164 valence electrons. The van der Waals surface area contributed by atoms with Gasteiger partial charge >= 0.3 is 0 Å². The maximum atomic E-state index is 12.6. The predicted molar refractivity (Wildman–Crippen MR) is 124 cm³/mol. The lowest BCUT2D eigenvalue weighted by atomic mass is 10.0. The minimum Gasteiger partial charge on any atom is -0.497 e. The molecule has 1 fully saturated rings. The molecule has 0 unspecified atom stereocenters. The van der Waals surface area contributed by atoms with Crippen LogP contribution in [0.5, 0.6) is 11.5 Å². The van der Waals surface area contributed by atoms with Crippen LogP contribution in [-0.2, 0) is 11.2 Å². The lowest BCUT2D eigenvalue weighted by Crippen LogP contribution is -2.47. The van der Waals surface area contributed by atoms with Gasteiger partial charge in [0.05, 0.1) is 14.2 Å². The summed E-state index contributed by atoms with van der Waals surface area (Å²) >= 11 is 0. The number of halogens is 1. The van der Waals surface area contributed by atoms with Crippen molar-refractivity contribution in [1.29, 1.82) is 0 Å². The van der Waals surface area contributed by atoms with Gasteiger partial charge in [-0.05, 0) is 49.1 Å². The number of nitrogens with zero attached hydrogens (tertiary/aromatic N) is 2. The number of hydrogen-bond acceptors (Lipinski definition) is 4. The Labute approximate surface area is 186 Å². The molecule has 2 aromatic rings. The van der Waals surface area contributed by atoms with Gasteiger partial charge in [-0.3, -0.25) is 4.79 Å². The lowest BCUT2D eigenvalue weighted by Gasteiger charge is -2.38. The van der Waals surface area contributed by atoms with Crippen LogP contribution in [0.2, 0.25) is 0 Å². The predicted octanol–water partition coefficient (Wildman–Crippen LogP) is 4.58. The average Bonchev–Trinajstić information content (AvgIpc) is 2.79. The van der Waals surface area contributed by atoms with E-state index >= 15 is 0 Å². The third kappa shape index (κ3) is 6.13. The molecule has 3 rings (SSSR count). The SMILES string of the molecule is CCC(=O)N(c1ccccc1)C1CCN(CCc2cc(OC)cc(OC)c2)CC1.Cl. The van der Waals surface area contributed by atoms with Crippen LogP contribution in [0.3, 0.4) is 0 Å². The van der Waals surface area contributed by atoms with Crippen LogP contribution >= 0.6 is 12.4 Å². The third-order valence-electron chi connectivity index (χ3n) is 5.66. The fourth-order valence-electron chi connectivity index (χ4n) is 4.02. The van der Waals surface area contributed by atoms with E-state index in [0.717, 1.165) is 56.1 Å². The molecular formula is C24H33ClN2O3. The summed E-state index contributed by atoms with van der Waals surface area (Å²) in [4.78, 5) is 17.1. The van der Waals surface area contributed by atoms with Gasteiger partial charge in [0.25, 0.3) is 0 Å². The van der Waals surface area contributed by atoms with Crippen LogP contribution in [0.25, 0.3) is 0 Å². The number of hydrogen-bond donors (Lipinski definition) is 0. The van der Waals surface area contributed by atoms with Gasteiger partial charge in [0.2, 0.25) is 5.91 Å². The molecule has 1 saturated heterocycles. The Morgan fingerprint density at radius 2 is 1.63 bits per heavy atom. The molecule has 0 radical (unpaired) electrons. The summed E-state index contributed by atoms with van der Waals surface area (Å²) in [6, 6.07) is 16.4. The zero-order chi connectivity index (χ0) is 20.6. The highest BCUT2D eigenvalue weighted by molar-refractivity contribution is 5.93. The number of ether oxygens (including phenoxy) is 2. The highest BCUT2D eigenvalue weighted by atomic mass is 35.5. The number of benzene rings is 2. The van der Waals surface area contributed by atoms with Crippen molar-refractivity contribution >= 4 is 24.0 Å². The second-order valence-electron chi connectivity index (χ2n) is 7.50. The number of anilines is 1. The first-order chi connectivity index (χ1) is 14.1. The Bertz CT molecular complexity index is 770. The molecule has 0 atom stereocenters. The van der Waals surface area contributed by atoms with Gasteiger partial charge in [-0.25, -0.2) is 0 Å². The van der Waals surface area contributed by atoms with E-state index in [4.69, 9.17) is 9.47 Å². The first-order valence-electron chi connectivity index (χ1n) is 10.5. The summed E-state index contributed by atoms with van der Waals surface area (Å²) in [7, 11) is 3.36. The molecule has 1 aliphatic rings. The molecule has 0 saturated carbocycles. The normalized spacial score (nSPS) is 14.6. The van der Waals surface area contributed by atoms with Crippen molar-refractivity contribution < 1.29 is 14.3 Å². The molecule has 1 heterocycles. The molecule has 6 heteroatoms. The van der Waals surface area contributed by atoms with E-state index in [1.54, 1.807) is 14.2 Å². The molecule has 0 N–H and O–H groups in total. The maximum Gasteiger partial charge on any atom is 0.226 e. The Kier molecular flexibility index (Phi) is 9.47. The number of amides is 1. The molecule has 0 aromatic heterocycles. The van der Waals surface area contributed by atoms with E-state index < -0.39 is 0 Å². The van der Waals surface area contributed by atoms with Gasteiger partial charge in [-0.15, -0.1) is 12.4 Å². The van der Waals surface area contributed by atoms with Gasteiger partial charge in [0.15, 0.2) is 0 Å². The smallest absolute Gasteiger partial charge is 0.226 e. The summed E-state index contributed by atoms with van der Waals surface area (Å²) in [5, 5.41) is 0. The number of piperidine rings is 1. The quantitative estimate of drug-likeness (QED) is 0.612. The molecule has 5 nitrogen and oxygen atoms in total. The van der Waals surface area contributed by atoms with E-state index in [0.29, 0.717) is 6.42 Å². The molecule has 1 amide bonds. The van der Waals surface area contributed by atoms with Crippen LogP contribution in [-0.4, -0.2) is 50.7 Å². The van der Waals surface area contributed by atoms with Crippen molar-refractivity contribution in [3.63, 3.8) is 0 Å². The van der Waals surface area contributed by atoms with Crippen molar-refractivity contribution in [2.24, 2.45) is 0 Å². The summed E-state index contributed by atoms with van der Waals surface area (Å²) in [5.74, 6) is 1.86. The van der Waals surface area contributed by atoms with Gasteiger partial charge < -0.3 is 19.3 Å². The van der Waals surface area contributed by atoms with Crippen LogP contribution in [0, 0.1) is 0 Å². The number of methoxy groups -OCH3 is 2. The second kappa shape index (κ2) is 11.8. The monoisotopic (exact) mass is 432 g/mol. The number of carbonyl (C=O) groups is 1. The largest absolute Gasteiger partial charge is 0.497 e. The molecule has 0 bridgehead atoms. The van der Waals surface area contributed by atoms with Crippen molar-refractivity contribution in [2.45, 2.75) is 38.6 Å². The summed E-state index contributed by atoms with van der Waals surface area (Å²) in [6.07, 6.45) is 3.49. The number of rotatable bonds is 8. The van der Waals surface area contributed by atoms with E-state index in [1.807, 2.05) is 48.2 Å². The standard InChI is InChI=1S/C24H32N2O3.ClH/c1-4-24(27)26(20-8-6-5-7-9-20)21-11-14-25(15-12-21)13-10-19-16-22(28-2)18-23(17-19)29-3;/h5-9,16-18,21H,4,10-15H2,1-3H3;1H. The fourth-order valence-corrected chi connectivity index (χ4v) is 4.02. The summed E-state index contributed by atoms with van der Waals surface area (Å²) in [5.41, 5.74) is 2.23. The summed E-state index contributed by atoms with van der Waals surface area (Å²) < 4.78 is 10.7. The minimum atomic E-state index is 0. The molecular weight excluding hydrogens is 400 g/mol. The second-order valence-corrected chi connectivity index (χ2v) is 7.50. The van der Waals surface area contributed by atoms with Crippen LogP contribution in [0.4, 0.5) is 5.69 Å². The molecule has 2 aromatic carbocycles. The number of carbonyl (C=O) groups excluding carboxylic acids is 1. The fraction of sp³-hybridized carbons (Fsp3) is 0.458. The average molecular weight is 433 g/mol. The van der Waals surface area contributed by atoms with Gasteiger partial charge in [0.1, 0.15) is 11.5 Å². The molecule has 0 aliphatic carbocycles. The first kappa shape index (κ1) is 24.0. The summed E-state index contributed by atoms with van der Waals surface area (Å²) in [6.45, 7) is 4.95. The highest BCUT2D eigenvalue weighted by Crippen LogP contribution is 2.26.